The van der Waals surface area contributed by atoms with Crippen molar-refractivity contribution >= 4 is 23.7 Å². The number of anilines is 1. The molecule has 9 nitrogen and oxygen atoms in total. The van der Waals surface area contributed by atoms with Crippen molar-refractivity contribution in [2.75, 3.05) is 32.6 Å². The van der Waals surface area contributed by atoms with Gasteiger partial charge in [0.2, 0.25) is 0 Å². The molecule has 51 heavy (non-hydrogen) atoms. The Labute approximate surface area is 296 Å². The summed E-state index contributed by atoms with van der Waals surface area (Å²) in [6.45, 7) is 3.31. The summed E-state index contributed by atoms with van der Waals surface area (Å²) in [5, 5.41) is 3.55. The minimum Gasteiger partial charge on any atom is -0.493 e. The second-order valence-electron chi connectivity index (χ2n) is 13.3. The van der Waals surface area contributed by atoms with Crippen molar-refractivity contribution in [3.05, 3.63) is 156 Å². The van der Waals surface area contributed by atoms with Gasteiger partial charge in [0, 0.05) is 37.4 Å². The monoisotopic (exact) mass is 682 g/mol. The molecule has 1 aliphatic carbocycles. The maximum Gasteiger partial charge on any atom is 0.274 e. The van der Waals surface area contributed by atoms with Crippen molar-refractivity contribution in [1.29, 1.82) is 0 Å². The molecule has 1 saturated carbocycles. The van der Waals surface area contributed by atoms with Gasteiger partial charge in [0.1, 0.15) is 10.7 Å². The summed E-state index contributed by atoms with van der Waals surface area (Å²) in [5.41, 5.74) is 6.00. The first-order chi connectivity index (χ1) is 24.9. The van der Waals surface area contributed by atoms with Crippen LogP contribution in [0.3, 0.4) is 0 Å². The molecule has 1 aromatic heterocycles. The van der Waals surface area contributed by atoms with Crippen LogP contribution in [0.15, 0.2) is 101 Å². The van der Waals surface area contributed by atoms with E-state index in [2.05, 4.69) is 39.5 Å². The van der Waals surface area contributed by atoms with Crippen molar-refractivity contribution in [1.82, 2.24) is 14.5 Å². The van der Waals surface area contributed by atoms with E-state index < -0.39 is 0 Å². The summed E-state index contributed by atoms with van der Waals surface area (Å²) in [6, 6.07) is 28.7. The summed E-state index contributed by atoms with van der Waals surface area (Å²) in [5.74, 6) is 1.71. The van der Waals surface area contributed by atoms with E-state index in [0.717, 1.165) is 62.4 Å². The number of benzene rings is 4. The summed E-state index contributed by atoms with van der Waals surface area (Å²) in [4.78, 5) is 45.1. The summed E-state index contributed by atoms with van der Waals surface area (Å²) >= 11 is 0. The van der Waals surface area contributed by atoms with Gasteiger partial charge in [-0.15, -0.1) is 0 Å². The van der Waals surface area contributed by atoms with Gasteiger partial charge in [-0.05, 0) is 108 Å². The van der Waals surface area contributed by atoms with Crippen molar-refractivity contribution < 1.29 is 14.3 Å². The molecule has 0 unspecified atom stereocenters. The number of methoxy groups -OCH3 is 2. The number of rotatable bonds is 11. The van der Waals surface area contributed by atoms with E-state index in [1.165, 1.54) is 16.7 Å². The maximum atomic E-state index is 13.6. The fraction of sp³-hybridized carbons (Fsp3) is 0.262. The normalized spacial score (nSPS) is 15.0. The van der Waals surface area contributed by atoms with E-state index in [-0.39, 0.29) is 22.4 Å². The van der Waals surface area contributed by atoms with Gasteiger partial charge in [0.15, 0.2) is 11.5 Å². The Balaban J connectivity index is 0.987. The zero-order valence-electron chi connectivity index (χ0n) is 29.0. The first kappa shape index (κ1) is 33.8. The van der Waals surface area contributed by atoms with E-state index in [1.54, 1.807) is 55.2 Å². The highest BCUT2D eigenvalue weighted by Crippen LogP contribution is 2.33. The molecule has 0 atom stereocenters. The Morgan fingerprint density at radius 1 is 0.863 bits per heavy atom. The first-order valence-electron chi connectivity index (χ1n) is 17.4. The van der Waals surface area contributed by atoms with Gasteiger partial charge in [-0.2, -0.15) is 0 Å². The number of nitrogens with one attached hydrogen (secondary N) is 2. The second kappa shape index (κ2) is 15.1. The van der Waals surface area contributed by atoms with E-state index in [4.69, 9.17) is 9.47 Å². The average molecular weight is 683 g/mol. The second-order valence-corrected chi connectivity index (χ2v) is 13.3. The van der Waals surface area contributed by atoms with Gasteiger partial charge in [0.05, 0.1) is 14.2 Å². The first-order valence-corrected chi connectivity index (χ1v) is 17.4. The number of amides is 1. The molecule has 2 aliphatic rings. The van der Waals surface area contributed by atoms with Crippen molar-refractivity contribution in [3.8, 4) is 11.5 Å². The predicted octanol–water partition coefficient (Wildman–Crippen LogP) is 4.47. The van der Waals surface area contributed by atoms with Crippen molar-refractivity contribution in [3.63, 3.8) is 0 Å². The lowest BCUT2D eigenvalue weighted by Crippen LogP contribution is -2.53. The number of aromatic amines is 1. The minimum atomic E-state index is -0.313. The molecule has 4 aromatic carbocycles. The van der Waals surface area contributed by atoms with E-state index in [9.17, 15) is 14.4 Å². The van der Waals surface area contributed by atoms with E-state index >= 15 is 0 Å². The fourth-order valence-electron chi connectivity index (χ4n) is 6.58. The third-order valence-corrected chi connectivity index (χ3v) is 9.70. The van der Waals surface area contributed by atoms with Crippen LogP contribution in [0.1, 0.15) is 51.0 Å². The zero-order chi connectivity index (χ0) is 35.3. The topological polar surface area (TPSA) is 106 Å². The van der Waals surface area contributed by atoms with Crippen LogP contribution in [0, 0.1) is 5.92 Å². The molecule has 5 aromatic rings. The standard InChI is InChI=1S/C42H42N4O5/c1-50-38-24-33-19-21-45(27-34(33)25-39(38)51-2)20-18-28-12-16-35(17-13-28)43-40(47)32-14-10-30(11-15-32)22-36-42(49)46(26-31-8-9-31)37(41(48)44-36)23-29-6-4-3-5-7-29/h3-7,10-17,22-25,31H,8-9,18-21,26-27H2,1-2H3,(H,43,47)(H,44,48). The quantitative estimate of drug-likeness (QED) is 0.213. The van der Waals surface area contributed by atoms with Gasteiger partial charge in [-0.3, -0.25) is 19.3 Å². The third-order valence-electron chi connectivity index (χ3n) is 9.70. The van der Waals surface area contributed by atoms with Crippen LogP contribution in [-0.4, -0.2) is 47.7 Å². The number of carbonyl (C=O) groups excluding carboxylic acids is 1. The molecular formula is C42H42N4O5. The molecule has 1 amide bonds. The minimum absolute atomic E-state index is 0.217. The molecule has 2 heterocycles. The lowest BCUT2D eigenvalue weighted by Gasteiger charge is -2.29. The molecule has 0 bridgehead atoms. The Morgan fingerprint density at radius 3 is 2.24 bits per heavy atom. The molecule has 7 rings (SSSR count). The van der Waals surface area contributed by atoms with Gasteiger partial charge in [0.25, 0.3) is 17.0 Å². The Bertz CT molecular complexity index is 2270. The number of carbonyl (C=O) groups is 1. The number of hydrogen-bond donors (Lipinski definition) is 2. The van der Waals surface area contributed by atoms with Crippen LogP contribution >= 0.6 is 0 Å². The van der Waals surface area contributed by atoms with Gasteiger partial charge >= 0.3 is 0 Å². The molecule has 0 saturated heterocycles. The summed E-state index contributed by atoms with van der Waals surface area (Å²) in [7, 11) is 3.33. The number of aromatic nitrogens is 2. The Hall–Kier alpha value is -5.67. The van der Waals surface area contributed by atoms with Gasteiger partial charge in [-0.1, -0.05) is 54.6 Å². The molecule has 0 spiro atoms. The fourth-order valence-corrected chi connectivity index (χ4v) is 6.58. The van der Waals surface area contributed by atoms with Gasteiger partial charge < -0.3 is 24.3 Å². The highest BCUT2D eigenvalue weighted by molar-refractivity contribution is 6.04. The lowest BCUT2D eigenvalue weighted by molar-refractivity contribution is 0.102. The maximum absolute atomic E-state index is 13.6. The number of fused-ring (bicyclic) bond motifs is 1. The van der Waals surface area contributed by atoms with Crippen LogP contribution in [0.4, 0.5) is 5.69 Å². The lowest BCUT2D eigenvalue weighted by atomic mass is 9.98. The molecule has 0 radical (unpaired) electrons. The van der Waals surface area contributed by atoms with E-state index in [1.807, 2.05) is 42.5 Å². The molecule has 2 N–H and O–H groups in total. The van der Waals surface area contributed by atoms with Crippen LogP contribution in [0.5, 0.6) is 11.5 Å². The molecular weight excluding hydrogens is 640 g/mol. The smallest absolute Gasteiger partial charge is 0.274 e. The van der Waals surface area contributed by atoms with E-state index in [0.29, 0.717) is 34.6 Å². The Kier molecular flexibility index (Phi) is 9.99. The van der Waals surface area contributed by atoms with Crippen LogP contribution in [-0.2, 0) is 25.9 Å². The predicted molar refractivity (Wildman–Crippen MR) is 200 cm³/mol. The molecule has 9 heteroatoms. The summed E-state index contributed by atoms with van der Waals surface area (Å²) in [6.07, 6.45) is 7.41. The van der Waals surface area contributed by atoms with Crippen molar-refractivity contribution in [2.45, 2.75) is 38.8 Å². The number of ether oxygens (including phenoxy) is 2. The number of nitrogens with zero attached hydrogens (tertiary/aromatic N) is 2. The van der Waals surface area contributed by atoms with Crippen LogP contribution in [0.2, 0.25) is 0 Å². The number of hydrogen-bond acceptors (Lipinski definition) is 6. The highest BCUT2D eigenvalue weighted by atomic mass is 16.5. The third kappa shape index (κ3) is 8.05. The van der Waals surface area contributed by atoms with Crippen molar-refractivity contribution in [2.24, 2.45) is 5.92 Å². The van der Waals surface area contributed by atoms with Crippen LogP contribution in [0.25, 0.3) is 12.2 Å². The van der Waals surface area contributed by atoms with Crippen LogP contribution < -0.4 is 36.6 Å². The largest absolute Gasteiger partial charge is 0.493 e. The summed E-state index contributed by atoms with van der Waals surface area (Å²) < 4.78 is 12.6. The zero-order valence-corrected chi connectivity index (χ0v) is 29.0. The Morgan fingerprint density at radius 2 is 1.55 bits per heavy atom. The average Bonchev–Trinajstić information content (AvgIpc) is 3.99. The number of H-pyrrole nitrogens is 1. The van der Waals surface area contributed by atoms with Gasteiger partial charge in [-0.25, -0.2) is 0 Å². The molecule has 1 fully saturated rings. The molecule has 260 valence electrons. The SMILES string of the molecule is COc1cc2c(cc1OC)CN(CCc1ccc(NC(=O)c3ccc(C=c4[nH]c(=O)c(=Cc5ccccc5)n(CC5CC5)c4=O)cc3)cc1)CC2. The highest BCUT2D eigenvalue weighted by Gasteiger charge is 2.23. The molecule has 1 aliphatic heterocycles.